The van der Waals surface area contributed by atoms with Crippen LogP contribution in [0.25, 0.3) is 0 Å². The van der Waals surface area contributed by atoms with Gasteiger partial charge in [-0.2, -0.15) is 13.2 Å². The number of carbonyl (C=O) groups excluding carboxylic acids is 1. The Morgan fingerprint density at radius 3 is 2.19 bits per heavy atom. The van der Waals surface area contributed by atoms with E-state index in [-0.39, 0.29) is 5.69 Å². The van der Waals surface area contributed by atoms with Crippen molar-refractivity contribution < 1.29 is 32.3 Å². The number of amides is 2. The van der Waals surface area contributed by atoms with E-state index in [1.54, 1.807) is 0 Å². The van der Waals surface area contributed by atoms with Crippen LogP contribution in [0.4, 0.5) is 28.0 Å². The fourth-order valence-electron chi connectivity index (χ4n) is 1.38. The third kappa shape index (κ3) is 3.23. The molecule has 1 rings (SSSR count). The third-order valence-corrected chi connectivity index (χ3v) is 2.87. The molecule has 0 aromatic heterocycles. The maximum absolute atomic E-state index is 13.5. The van der Waals surface area contributed by atoms with Gasteiger partial charge in [0.1, 0.15) is 5.82 Å². The Hall–Kier alpha value is -2.32. The summed E-state index contributed by atoms with van der Waals surface area (Å²) >= 11 is 0. The summed E-state index contributed by atoms with van der Waals surface area (Å²) in [6, 6.07) is 3.49. The van der Waals surface area contributed by atoms with Crippen molar-refractivity contribution in [1.29, 1.82) is 0 Å². The Kier molecular flexibility index (Phi) is 4.45. The van der Waals surface area contributed by atoms with Crippen LogP contribution in [-0.4, -0.2) is 35.9 Å². The lowest BCUT2D eigenvalue weighted by molar-refractivity contribution is -0.203. The molecule has 5 nitrogen and oxygen atoms in total. The first-order valence-corrected chi connectivity index (χ1v) is 5.61. The van der Waals surface area contributed by atoms with E-state index in [1.165, 1.54) is 23.5 Å². The van der Waals surface area contributed by atoms with E-state index in [4.69, 9.17) is 5.11 Å². The summed E-state index contributed by atoms with van der Waals surface area (Å²) < 4.78 is 51.8. The minimum Gasteiger partial charge on any atom is -0.479 e. The van der Waals surface area contributed by atoms with Gasteiger partial charge in [0.25, 0.3) is 0 Å². The fraction of sp³-hybridized carbons (Fsp3) is 0.333. The number of benzene rings is 1. The predicted molar refractivity (Wildman–Crippen MR) is 65.4 cm³/mol. The lowest BCUT2D eigenvalue weighted by Gasteiger charge is -2.30. The summed E-state index contributed by atoms with van der Waals surface area (Å²) in [6.45, 7) is 0.308. The number of nitrogens with zero attached hydrogens (tertiary/aromatic N) is 1. The van der Waals surface area contributed by atoms with Gasteiger partial charge in [0.05, 0.1) is 5.69 Å². The van der Waals surface area contributed by atoms with Crippen LogP contribution in [0.1, 0.15) is 6.92 Å². The zero-order valence-corrected chi connectivity index (χ0v) is 11.0. The zero-order chi connectivity index (χ0) is 16.4. The number of urea groups is 1. The van der Waals surface area contributed by atoms with Crippen LogP contribution < -0.4 is 10.2 Å². The van der Waals surface area contributed by atoms with E-state index in [0.717, 1.165) is 13.1 Å². The molecule has 116 valence electrons. The SMILES string of the molecule is CN(C(=O)NC(C)(C(=O)O)C(F)(F)F)c1ccccc1F. The van der Waals surface area contributed by atoms with E-state index in [1.807, 2.05) is 0 Å². The second kappa shape index (κ2) is 5.58. The number of carbonyl (C=O) groups is 2. The van der Waals surface area contributed by atoms with Crippen LogP contribution in [0.5, 0.6) is 0 Å². The number of nitrogens with one attached hydrogen (secondary N) is 1. The summed E-state index contributed by atoms with van der Waals surface area (Å²) in [5, 5.41) is 10.1. The van der Waals surface area contributed by atoms with Gasteiger partial charge >= 0.3 is 18.2 Å². The fourth-order valence-corrected chi connectivity index (χ4v) is 1.38. The number of alkyl halides is 3. The lowest BCUT2D eigenvalue weighted by Crippen LogP contribution is -2.63. The van der Waals surface area contributed by atoms with Crippen LogP contribution in [-0.2, 0) is 4.79 Å². The van der Waals surface area contributed by atoms with Crippen molar-refractivity contribution in [1.82, 2.24) is 5.32 Å². The second-order valence-electron chi connectivity index (χ2n) is 4.37. The summed E-state index contributed by atoms with van der Waals surface area (Å²) in [5.74, 6) is -3.11. The minimum absolute atomic E-state index is 0.287. The predicted octanol–water partition coefficient (Wildman–Crippen LogP) is 2.38. The van der Waals surface area contributed by atoms with E-state index >= 15 is 0 Å². The molecule has 1 atom stereocenters. The molecular formula is C12H12F4N2O3. The maximum atomic E-state index is 13.5. The molecule has 1 aromatic carbocycles. The summed E-state index contributed by atoms with van der Waals surface area (Å²) in [5.41, 5.74) is -3.77. The van der Waals surface area contributed by atoms with Crippen LogP contribution in [0.15, 0.2) is 24.3 Å². The topological polar surface area (TPSA) is 69.6 Å². The highest BCUT2D eigenvalue weighted by molar-refractivity contribution is 5.95. The lowest BCUT2D eigenvalue weighted by atomic mass is 10.0. The zero-order valence-electron chi connectivity index (χ0n) is 11.0. The van der Waals surface area contributed by atoms with Crippen molar-refractivity contribution in [3.8, 4) is 0 Å². The molecule has 0 aliphatic carbocycles. The number of rotatable bonds is 3. The van der Waals surface area contributed by atoms with Crippen LogP contribution in [0.2, 0.25) is 0 Å². The number of aliphatic carboxylic acids is 1. The maximum Gasteiger partial charge on any atom is 0.422 e. The average Bonchev–Trinajstić information content (AvgIpc) is 2.36. The molecule has 21 heavy (non-hydrogen) atoms. The van der Waals surface area contributed by atoms with Crippen molar-refractivity contribution in [2.75, 3.05) is 11.9 Å². The van der Waals surface area contributed by atoms with Gasteiger partial charge in [-0.05, 0) is 19.1 Å². The number of para-hydroxylation sites is 1. The highest BCUT2D eigenvalue weighted by Crippen LogP contribution is 2.31. The second-order valence-corrected chi connectivity index (χ2v) is 4.37. The Labute approximate surface area is 117 Å². The van der Waals surface area contributed by atoms with E-state index in [9.17, 15) is 27.2 Å². The molecule has 0 aliphatic rings. The molecule has 1 unspecified atom stereocenters. The monoisotopic (exact) mass is 308 g/mol. The van der Waals surface area contributed by atoms with Gasteiger partial charge in [-0.1, -0.05) is 12.1 Å². The van der Waals surface area contributed by atoms with Crippen molar-refractivity contribution in [2.45, 2.75) is 18.6 Å². The standard InChI is InChI=1S/C12H12F4N2O3/c1-11(9(19)20,12(14,15)16)17-10(21)18(2)8-6-4-3-5-7(8)13/h3-6H,1-2H3,(H,17,21)(H,19,20). The van der Waals surface area contributed by atoms with Gasteiger partial charge in [0.2, 0.25) is 5.54 Å². The van der Waals surface area contributed by atoms with Crippen molar-refractivity contribution in [2.24, 2.45) is 0 Å². The Morgan fingerprint density at radius 1 is 1.24 bits per heavy atom. The smallest absolute Gasteiger partial charge is 0.422 e. The molecule has 0 saturated carbocycles. The van der Waals surface area contributed by atoms with Crippen molar-refractivity contribution >= 4 is 17.7 Å². The normalized spacial score (nSPS) is 14.2. The molecule has 2 amide bonds. The number of hydrogen-bond acceptors (Lipinski definition) is 2. The van der Waals surface area contributed by atoms with Gasteiger partial charge in [-0.25, -0.2) is 14.0 Å². The molecule has 0 spiro atoms. The van der Waals surface area contributed by atoms with Crippen LogP contribution in [0.3, 0.4) is 0 Å². The van der Waals surface area contributed by atoms with E-state index in [0.29, 0.717) is 11.8 Å². The molecule has 0 fully saturated rings. The number of anilines is 1. The minimum atomic E-state index is -5.22. The molecule has 9 heteroatoms. The number of carboxylic acid groups (broad SMARTS) is 1. The Bertz CT molecular complexity index is 562. The number of hydrogen-bond donors (Lipinski definition) is 2. The number of halogens is 4. The first-order valence-electron chi connectivity index (χ1n) is 5.61. The highest BCUT2D eigenvalue weighted by Gasteiger charge is 2.58. The van der Waals surface area contributed by atoms with Gasteiger partial charge in [0, 0.05) is 7.05 Å². The van der Waals surface area contributed by atoms with Gasteiger partial charge < -0.3 is 10.4 Å². The van der Waals surface area contributed by atoms with E-state index < -0.39 is 29.5 Å². The molecule has 0 aliphatic heterocycles. The molecule has 0 saturated heterocycles. The molecule has 0 bridgehead atoms. The van der Waals surface area contributed by atoms with Crippen LogP contribution in [0, 0.1) is 5.82 Å². The Balaban J connectivity index is 3.04. The Morgan fingerprint density at radius 2 is 1.76 bits per heavy atom. The molecule has 0 heterocycles. The van der Waals surface area contributed by atoms with Gasteiger partial charge in [-0.3, -0.25) is 4.90 Å². The van der Waals surface area contributed by atoms with Crippen molar-refractivity contribution in [3.05, 3.63) is 30.1 Å². The van der Waals surface area contributed by atoms with Gasteiger partial charge in [0.15, 0.2) is 0 Å². The largest absolute Gasteiger partial charge is 0.479 e. The molecule has 0 radical (unpaired) electrons. The molecule has 2 N–H and O–H groups in total. The summed E-state index contributed by atoms with van der Waals surface area (Å²) in [6.07, 6.45) is -5.22. The quantitative estimate of drug-likeness (QED) is 0.842. The summed E-state index contributed by atoms with van der Waals surface area (Å²) in [4.78, 5) is 23.1. The first kappa shape index (κ1) is 16.7. The van der Waals surface area contributed by atoms with Crippen molar-refractivity contribution in [3.63, 3.8) is 0 Å². The van der Waals surface area contributed by atoms with E-state index in [2.05, 4.69) is 0 Å². The average molecular weight is 308 g/mol. The third-order valence-electron chi connectivity index (χ3n) is 2.87. The van der Waals surface area contributed by atoms with Gasteiger partial charge in [-0.15, -0.1) is 0 Å². The first-order chi connectivity index (χ1) is 9.50. The number of carboxylic acids is 1. The molecular weight excluding hydrogens is 296 g/mol. The molecule has 1 aromatic rings. The summed E-state index contributed by atoms with van der Waals surface area (Å²) in [7, 11) is 1.02. The highest BCUT2D eigenvalue weighted by atomic mass is 19.4. The van der Waals surface area contributed by atoms with Crippen LogP contribution >= 0.6 is 0 Å².